The molecule has 1 aliphatic heterocycles. The summed E-state index contributed by atoms with van der Waals surface area (Å²) in [5.41, 5.74) is 12.7. The monoisotopic (exact) mass is 958 g/mol. The third kappa shape index (κ3) is 28.9. The minimum Gasteiger partial charge on any atom is -0.461 e. The van der Waals surface area contributed by atoms with Crippen molar-refractivity contribution in [1.29, 1.82) is 0 Å². The fraction of sp³-hybridized carbons (Fsp3) is 0.885. The van der Waals surface area contributed by atoms with Crippen molar-refractivity contribution in [2.45, 2.75) is 263 Å². The van der Waals surface area contributed by atoms with Gasteiger partial charge in [0.2, 0.25) is 0 Å². The molecule has 0 saturated heterocycles. The number of ether oxygens (including phenoxy) is 1. The number of aliphatic hydroxyl groups excluding tert-OH is 10. The number of rotatable bonds is 11. The first kappa shape index (κ1) is 62.8. The highest BCUT2D eigenvalue weighted by Gasteiger charge is 2.37. The highest BCUT2D eigenvalue weighted by atomic mass is 16.5. The maximum Gasteiger partial charge on any atom is 0.311 e. The molecule has 15 nitrogen and oxygen atoms in total. The van der Waals surface area contributed by atoms with Crippen LogP contribution in [0, 0.1) is 23.7 Å². The number of nitrogens with two attached hydrogens (primary N) is 2. The second kappa shape index (κ2) is 35.8. The summed E-state index contributed by atoms with van der Waals surface area (Å²) in [7, 11) is 0. The summed E-state index contributed by atoms with van der Waals surface area (Å²) in [5, 5.41) is 108. The lowest BCUT2D eigenvalue weighted by molar-refractivity contribution is -0.167. The van der Waals surface area contributed by atoms with Gasteiger partial charge < -0.3 is 67.3 Å². The molecule has 0 aliphatic carbocycles. The Hall–Kier alpha value is -2.18. The summed E-state index contributed by atoms with van der Waals surface area (Å²) < 4.78 is 6.39. The summed E-state index contributed by atoms with van der Waals surface area (Å²) >= 11 is 0. The normalized spacial score (nSPS) is 33.6. The quantitative estimate of drug-likeness (QED) is 0.0395. The maximum atomic E-state index is 14.3. The summed E-state index contributed by atoms with van der Waals surface area (Å²) in [4.78, 5) is 18.3. The molecule has 14 N–H and O–H groups in total. The van der Waals surface area contributed by atoms with Gasteiger partial charge in [0, 0.05) is 18.4 Å². The zero-order chi connectivity index (χ0) is 50.5. The van der Waals surface area contributed by atoms with Crippen LogP contribution in [0.2, 0.25) is 0 Å². The van der Waals surface area contributed by atoms with Crippen LogP contribution >= 0.6 is 0 Å². The molecule has 0 saturated carbocycles. The van der Waals surface area contributed by atoms with Gasteiger partial charge in [0.25, 0.3) is 0 Å². The number of esters is 1. The van der Waals surface area contributed by atoms with Crippen molar-refractivity contribution in [2.24, 2.45) is 40.1 Å². The third-order valence-electron chi connectivity index (χ3n) is 13.9. The van der Waals surface area contributed by atoms with Crippen LogP contribution < -0.4 is 11.5 Å². The Morgan fingerprint density at radius 2 is 1.28 bits per heavy atom. The summed E-state index contributed by atoms with van der Waals surface area (Å²) in [6, 6.07) is 0. The third-order valence-corrected chi connectivity index (χ3v) is 13.9. The van der Waals surface area contributed by atoms with E-state index in [-0.39, 0.29) is 49.9 Å². The van der Waals surface area contributed by atoms with Crippen molar-refractivity contribution in [3.8, 4) is 0 Å². The molecule has 0 radical (unpaired) electrons. The number of hydrogen-bond acceptors (Lipinski definition) is 13. The zero-order valence-electron chi connectivity index (χ0n) is 42.4. The van der Waals surface area contributed by atoms with E-state index in [9.17, 15) is 55.9 Å². The van der Waals surface area contributed by atoms with Gasteiger partial charge >= 0.3 is 5.97 Å². The van der Waals surface area contributed by atoms with E-state index < -0.39 is 84.9 Å². The van der Waals surface area contributed by atoms with Gasteiger partial charge in [-0.3, -0.25) is 9.79 Å². The number of carbonyl (C=O) groups excluding carboxylic acids is 1. The molecule has 0 bridgehead atoms. The van der Waals surface area contributed by atoms with E-state index in [0.717, 1.165) is 37.7 Å². The first-order chi connectivity index (χ1) is 31.6. The first-order valence-electron chi connectivity index (χ1n) is 26.0. The number of guanidine groups is 1. The predicted octanol–water partition coefficient (Wildman–Crippen LogP) is 5.59. The van der Waals surface area contributed by atoms with Crippen LogP contribution in [0.15, 0.2) is 28.3 Å². The van der Waals surface area contributed by atoms with E-state index in [1.165, 1.54) is 0 Å². The van der Waals surface area contributed by atoms with Crippen LogP contribution in [-0.2, 0) is 9.53 Å². The second-order valence-corrected chi connectivity index (χ2v) is 20.5. The number of unbranched alkanes of at least 4 members (excludes halogenated alkanes) is 3. The number of aliphatic hydroxyl groups is 10. The zero-order valence-corrected chi connectivity index (χ0v) is 42.4. The molecule has 15 unspecified atom stereocenters. The van der Waals surface area contributed by atoms with Gasteiger partial charge in [-0.05, 0) is 147 Å². The SMILES string of the molecule is CCCCCCC1C(=O)OC(C(C)C(O)CCCN=C(N)N)C(C)C=C(C)CCCCC(O)CC(O)CC(O)CC(O)CC(O)CC=C(C)C(O)CCCC(O)CCCC(O)CCC(C)C1O. The molecule has 67 heavy (non-hydrogen) atoms. The Bertz CT molecular complexity index is 1380. The Morgan fingerprint density at radius 3 is 1.90 bits per heavy atom. The van der Waals surface area contributed by atoms with E-state index >= 15 is 0 Å². The number of cyclic esters (lactones) is 1. The minimum absolute atomic E-state index is 0.0123. The molecule has 0 aromatic heterocycles. The van der Waals surface area contributed by atoms with E-state index in [4.69, 9.17) is 16.2 Å². The average molecular weight is 958 g/mol. The van der Waals surface area contributed by atoms with Gasteiger partial charge in [-0.1, -0.05) is 77.5 Å². The standard InChI is InChI=1S/C52H99N3O12/c1-7-8-9-10-21-46-49(65)36(4)25-26-40(57)19-13-18-39(56)20-14-22-47(63)35(3)24-27-42(59)31-44(61)33-45(62)32-43(60)30-41(58)17-12-11-16-34(2)29-37(5)50(67-51(46)66)38(6)48(64)23-15-28-55-52(53)54/h24,29,36-50,56-65H,7-23,25-28,30-33H2,1-6H3,(H4,53,54,55). The van der Waals surface area contributed by atoms with Gasteiger partial charge in [-0.2, -0.15) is 0 Å². The number of carbonyl (C=O) groups is 1. The van der Waals surface area contributed by atoms with E-state index in [1.54, 1.807) is 13.0 Å². The molecular weight excluding hydrogens is 859 g/mol. The lowest BCUT2D eigenvalue weighted by Gasteiger charge is -2.34. The summed E-state index contributed by atoms with van der Waals surface area (Å²) in [6.45, 7) is 11.9. The van der Waals surface area contributed by atoms with Crippen molar-refractivity contribution in [1.82, 2.24) is 0 Å². The van der Waals surface area contributed by atoms with Crippen LogP contribution in [-0.4, -0.2) is 137 Å². The maximum absolute atomic E-state index is 14.3. The number of hydrogen-bond donors (Lipinski definition) is 12. The Labute approximate surface area is 404 Å². The van der Waals surface area contributed by atoms with Crippen LogP contribution in [0.5, 0.6) is 0 Å². The highest BCUT2D eigenvalue weighted by Crippen LogP contribution is 2.31. The molecule has 394 valence electrons. The fourth-order valence-electron chi connectivity index (χ4n) is 9.43. The molecule has 1 aliphatic rings. The predicted molar refractivity (Wildman–Crippen MR) is 266 cm³/mol. The molecule has 0 spiro atoms. The largest absolute Gasteiger partial charge is 0.461 e. The first-order valence-corrected chi connectivity index (χ1v) is 26.0. The second-order valence-electron chi connectivity index (χ2n) is 20.5. The van der Waals surface area contributed by atoms with Crippen molar-refractivity contribution in [3.63, 3.8) is 0 Å². The van der Waals surface area contributed by atoms with Crippen molar-refractivity contribution < 1.29 is 60.6 Å². The van der Waals surface area contributed by atoms with Crippen LogP contribution in [0.4, 0.5) is 0 Å². The van der Waals surface area contributed by atoms with Gasteiger partial charge in [0.05, 0.1) is 67.0 Å². The Morgan fingerprint density at radius 1 is 0.716 bits per heavy atom. The molecule has 0 fully saturated rings. The lowest BCUT2D eigenvalue weighted by Crippen LogP contribution is -2.42. The summed E-state index contributed by atoms with van der Waals surface area (Å²) in [5.74, 6) is -2.42. The summed E-state index contributed by atoms with van der Waals surface area (Å²) in [6.07, 6.45) is 6.32. The van der Waals surface area contributed by atoms with Crippen molar-refractivity contribution in [3.05, 3.63) is 23.3 Å². The molecule has 15 heteroatoms. The van der Waals surface area contributed by atoms with Gasteiger partial charge in [0.15, 0.2) is 5.96 Å². The van der Waals surface area contributed by atoms with Gasteiger partial charge in [-0.25, -0.2) is 0 Å². The number of aliphatic imine (C=N–C) groups is 1. The van der Waals surface area contributed by atoms with E-state index in [1.807, 2.05) is 27.7 Å². The van der Waals surface area contributed by atoms with Crippen LogP contribution in [0.3, 0.4) is 0 Å². The Kier molecular flexibility index (Phi) is 33.6. The fourth-order valence-corrected chi connectivity index (χ4v) is 9.43. The van der Waals surface area contributed by atoms with Crippen molar-refractivity contribution in [2.75, 3.05) is 6.54 Å². The molecule has 1 heterocycles. The molecule has 0 aromatic rings. The highest BCUT2D eigenvalue weighted by molar-refractivity contribution is 5.75. The van der Waals surface area contributed by atoms with Gasteiger partial charge in [-0.15, -0.1) is 0 Å². The number of nitrogens with zero attached hydrogens (tertiary/aromatic N) is 1. The Balaban J connectivity index is 3.30. The average Bonchev–Trinajstić information content (AvgIpc) is 3.25. The molecule has 15 atom stereocenters. The molecule has 0 aromatic carbocycles. The topological polar surface area (TPSA) is 293 Å². The van der Waals surface area contributed by atoms with E-state index in [0.29, 0.717) is 102 Å². The molecule has 0 amide bonds. The van der Waals surface area contributed by atoms with Crippen molar-refractivity contribution >= 4 is 11.9 Å². The molecule has 1 rings (SSSR count). The van der Waals surface area contributed by atoms with E-state index in [2.05, 4.69) is 18.0 Å². The minimum atomic E-state index is -1.03. The smallest absolute Gasteiger partial charge is 0.311 e. The van der Waals surface area contributed by atoms with Crippen LogP contribution in [0.25, 0.3) is 0 Å². The molecular formula is C52H99N3O12. The number of allylic oxidation sites excluding steroid dienone is 1. The lowest BCUT2D eigenvalue weighted by atomic mass is 9.83. The van der Waals surface area contributed by atoms with Crippen LogP contribution in [0.1, 0.15) is 196 Å². The van der Waals surface area contributed by atoms with Gasteiger partial charge in [0.1, 0.15) is 6.10 Å².